The highest BCUT2D eigenvalue weighted by molar-refractivity contribution is 8.01. The molecule has 0 aliphatic carbocycles. The lowest BCUT2D eigenvalue weighted by Crippen LogP contribution is -2.14. The van der Waals surface area contributed by atoms with Crippen LogP contribution < -0.4 is 0 Å². The van der Waals surface area contributed by atoms with E-state index in [2.05, 4.69) is 0 Å². The topological polar surface area (TPSA) is 37.3 Å². The Labute approximate surface area is 88.1 Å². The first-order valence-electron chi connectivity index (χ1n) is 3.92. The number of rotatable bonds is 3. The smallest absolute Gasteiger partial charge is 0.442 e. The third-order valence-electron chi connectivity index (χ3n) is 1.58. The minimum absolute atomic E-state index is 0.132. The van der Waals surface area contributed by atoms with Gasteiger partial charge in [-0.15, -0.1) is 0 Å². The van der Waals surface area contributed by atoms with E-state index in [0.29, 0.717) is 0 Å². The molecular weight excluding hydrogens is 229 g/mol. The molecule has 0 fully saturated rings. The molecule has 6 heteroatoms. The normalized spacial score (nSPS) is 13.5. The molecule has 1 rings (SSSR count). The maximum absolute atomic E-state index is 12.1. The Balaban J connectivity index is 2.90. The molecule has 0 heterocycles. The van der Waals surface area contributed by atoms with E-state index >= 15 is 0 Å². The number of alkyl halides is 3. The number of halogens is 3. The largest absolute Gasteiger partial charge is 0.480 e. The van der Waals surface area contributed by atoms with Gasteiger partial charge >= 0.3 is 11.5 Å². The predicted octanol–water partition coefficient (Wildman–Crippen LogP) is 3.07. The summed E-state index contributed by atoms with van der Waals surface area (Å²) in [5.41, 5.74) is -4.42. The zero-order valence-corrected chi connectivity index (χ0v) is 8.18. The number of carboxylic acids is 1. The molecular formula is C9H7F3O2S. The van der Waals surface area contributed by atoms with Crippen LogP contribution in [0.15, 0.2) is 30.3 Å². The monoisotopic (exact) mass is 236 g/mol. The quantitative estimate of drug-likeness (QED) is 0.876. The van der Waals surface area contributed by atoms with Gasteiger partial charge in [-0.05, 0) is 17.3 Å². The van der Waals surface area contributed by atoms with Gasteiger partial charge in [0.15, 0.2) is 0 Å². The van der Waals surface area contributed by atoms with Crippen molar-refractivity contribution in [2.45, 2.75) is 10.8 Å². The predicted molar refractivity (Wildman–Crippen MR) is 50.5 cm³/mol. The van der Waals surface area contributed by atoms with Crippen LogP contribution in [0.2, 0.25) is 0 Å². The maximum Gasteiger partial charge on any atom is 0.442 e. The molecule has 0 amide bonds. The fraction of sp³-hybridized carbons (Fsp3) is 0.222. The maximum atomic E-state index is 12.1. The molecule has 0 radical (unpaired) electrons. The van der Waals surface area contributed by atoms with Crippen molar-refractivity contribution in [2.75, 3.05) is 0 Å². The number of hydrogen-bond donors (Lipinski definition) is 1. The molecule has 0 spiro atoms. The highest BCUT2D eigenvalue weighted by atomic mass is 32.2. The third kappa shape index (κ3) is 3.83. The second-order valence-corrected chi connectivity index (χ2v) is 3.86. The van der Waals surface area contributed by atoms with Crippen molar-refractivity contribution >= 4 is 17.7 Å². The molecule has 0 bridgehead atoms. The molecule has 1 unspecified atom stereocenters. The molecule has 82 valence electrons. The Hall–Kier alpha value is -1.17. The summed E-state index contributed by atoms with van der Waals surface area (Å²) in [6, 6.07) is 7.33. The number of carbonyl (C=O) groups is 1. The lowest BCUT2D eigenvalue weighted by atomic mass is 10.1. The fourth-order valence-electron chi connectivity index (χ4n) is 1.02. The Morgan fingerprint density at radius 2 is 1.80 bits per heavy atom. The van der Waals surface area contributed by atoms with Crippen molar-refractivity contribution < 1.29 is 23.1 Å². The van der Waals surface area contributed by atoms with Gasteiger partial charge in [0, 0.05) is 0 Å². The summed E-state index contributed by atoms with van der Waals surface area (Å²) >= 11 is -0.536. The Morgan fingerprint density at radius 1 is 1.27 bits per heavy atom. The van der Waals surface area contributed by atoms with Gasteiger partial charge < -0.3 is 5.11 Å². The molecule has 0 saturated carbocycles. The second kappa shape index (κ2) is 4.57. The van der Waals surface area contributed by atoms with Crippen molar-refractivity contribution in [1.82, 2.24) is 0 Å². The van der Waals surface area contributed by atoms with E-state index in [1.54, 1.807) is 6.07 Å². The van der Waals surface area contributed by atoms with Gasteiger partial charge in [-0.3, -0.25) is 4.79 Å². The number of thioether (sulfide) groups is 1. The van der Waals surface area contributed by atoms with Crippen LogP contribution in [0.1, 0.15) is 10.8 Å². The SMILES string of the molecule is O=C(O)C(SC(F)(F)F)c1ccccc1. The van der Waals surface area contributed by atoms with E-state index in [1.807, 2.05) is 0 Å². The highest BCUT2D eigenvalue weighted by Gasteiger charge is 2.37. The molecule has 1 aromatic rings. The molecule has 1 N–H and O–H groups in total. The van der Waals surface area contributed by atoms with Gasteiger partial charge in [-0.2, -0.15) is 13.2 Å². The van der Waals surface area contributed by atoms with Gasteiger partial charge in [0.25, 0.3) is 0 Å². The van der Waals surface area contributed by atoms with E-state index < -0.39 is 28.5 Å². The molecule has 0 saturated heterocycles. The standard InChI is InChI=1S/C9H7F3O2S/c10-9(11,12)15-7(8(13)14)6-4-2-1-3-5-6/h1-5,7H,(H,13,14). The van der Waals surface area contributed by atoms with Crippen molar-refractivity contribution in [1.29, 1.82) is 0 Å². The summed E-state index contributed by atoms with van der Waals surface area (Å²) in [4.78, 5) is 10.7. The van der Waals surface area contributed by atoms with Crippen LogP contribution in [0, 0.1) is 0 Å². The number of benzene rings is 1. The Bertz CT molecular complexity index is 337. The zero-order chi connectivity index (χ0) is 11.5. The molecule has 0 aliphatic rings. The summed E-state index contributed by atoms with van der Waals surface area (Å²) in [7, 11) is 0. The summed E-state index contributed by atoms with van der Waals surface area (Å²) < 4.78 is 36.2. The van der Waals surface area contributed by atoms with Crippen LogP contribution in [-0.4, -0.2) is 16.6 Å². The van der Waals surface area contributed by atoms with E-state index in [4.69, 9.17) is 5.11 Å². The average molecular weight is 236 g/mol. The first-order chi connectivity index (χ1) is 6.90. The van der Waals surface area contributed by atoms with Crippen molar-refractivity contribution in [3.05, 3.63) is 35.9 Å². The fourth-order valence-corrected chi connectivity index (χ4v) is 1.68. The van der Waals surface area contributed by atoms with Crippen LogP contribution in [0.4, 0.5) is 13.2 Å². The first kappa shape index (κ1) is 11.9. The van der Waals surface area contributed by atoms with Crippen LogP contribution in [0.25, 0.3) is 0 Å². The van der Waals surface area contributed by atoms with Gasteiger partial charge in [0.05, 0.1) is 0 Å². The van der Waals surface area contributed by atoms with Gasteiger partial charge in [0.2, 0.25) is 0 Å². The summed E-state index contributed by atoms with van der Waals surface area (Å²) in [5.74, 6) is -1.50. The van der Waals surface area contributed by atoms with E-state index in [1.165, 1.54) is 24.3 Å². The average Bonchev–Trinajstić information content (AvgIpc) is 2.14. The van der Waals surface area contributed by atoms with E-state index in [-0.39, 0.29) is 5.56 Å². The first-order valence-corrected chi connectivity index (χ1v) is 4.80. The van der Waals surface area contributed by atoms with Gasteiger partial charge in [-0.25, -0.2) is 0 Å². The van der Waals surface area contributed by atoms with Gasteiger partial charge in [-0.1, -0.05) is 30.3 Å². The zero-order valence-electron chi connectivity index (χ0n) is 7.36. The lowest BCUT2D eigenvalue weighted by molar-refractivity contribution is -0.136. The summed E-state index contributed by atoms with van der Waals surface area (Å²) in [6.45, 7) is 0. The summed E-state index contributed by atoms with van der Waals surface area (Å²) in [6.07, 6.45) is 0. The Kier molecular flexibility index (Phi) is 3.62. The van der Waals surface area contributed by atoms with E-state index in [9.17, 15) is 18.0 Å². The minimum atomic E-state index is -4.56. The van der Waals surface area contributed by atoms with Crippen molar-refractivity contribution in [3.63, 3.8) is 0 Å². The second-order valence-electron chi connectivity index (χ2n) is 2.69. The third-order valence-corrected chi connectivity index (χ3v) is 2.55. The summed E-state index contributed by atoms with van der Waals surface area (Å²) in [5, 5.41) is 7.06. The molecule has 1 aromatic carbocycles. The van der Waals surface area contributed by atoms with Crippen LogP contribution >= 0.6 is 11.8 Å². The molecule has 1 atom stereocenters. The Morgan fingerprint density at radius 3 is 2.20 bits per heavy atom. The highest BCUT2D eigenvalue weighted by Crippen LogP contribution is 2.41. The van der Waals surface area contributed by atoms with Crippen LogP contribution in [0.5, 0.6) is 0 Å². The molecule has 0 aromatic heterocycles. The van der Waals surface area contributed by atoms with Crippen LogP contribution in [-0.2, 0) is 4.79 Å². The molecule has 15 heavy (non-hydrogen) atoms. The number of aliphatic carboxylic acids is 1. The lowest BCUT2D eigenvalue weighted by Gasteiger charge is -2.13. The van der Waals surface area contributed by atoms with Crippen molar-refractivity contribution in [2.24, 2.45) is 0 Å². The van der Waals surface area contributed by atoms with Crippen molar-refractivity contribution in [3.8, 4) is 0 Å². The number of carboxylic acid groups (broad SMARTS) is 1. The van der Waals surface area contributed by atoms with Gasteiger partial charge in [0.1, 0.15) is 5.25 Å². The van der Waals surface area contributed by atoms with E-state index in [0.717, 1.165) is 0 Å². The van der Waals surface area contributed by atoms with Crippen LogP contribution in [0.3, 0.4) is 0 Å². The molecule has 2 nitrogen and oxygen atoms in total. The molecule has 0 aliphatic heterocycles. The minimum Gasteiger partial charge on any atom is -0.480 e. The number of hydrogen-bond acceptors (Lipinski definition) is 2.